The number of para-hydroxylation sites is 1. The van der Waals surface area contributed by atoms with Crippen molar-refractivity contribution in [3.05, 3.63) is 77.1 Å². The summed E-state index contributed by atoms with van der Waals surface area (Å²) in [6.07, 6.45) is 2.49. The minimum Gasteiger partial charge on any atom is -0.324 e. The fraction of sp³-hybridized carbons (Fsp3) is 0.227. The Morgan fingerprint density at radius 2 is 1.93 bits per heavy atom. The third-order valence-electron chi connectivity index (χ3n) is 5.15. The maximum absolute atomic E-state index is 13.2. The van der Waals surface area contributed by atoms with Gasteiger partial charge in [0.15, 0.2) is 0 Å². The monoisotopic (exact) mass is 358 g/mol. The summed E-state index contributed by atoms with van der Waals surface area (Å²) in [7, 11) is 0. The van der Waals surface area contributed by atoms with Crippen molar-refractivity contribution in [2.45, 2.75) is 33.2 Å². The number of carbonyl (C=O) groups is 1. The van der Waals surface area contributed by atoms with Gasteiger partial charge in [0, 0.05) is 23.6 Å². The van der Waals surface area contributed by atoms with Crippen LogP contribution in [0.3, 0.4) is 0 Å². The van der Waals surface area contributed by atoms with Crippen molar-refractivity contribution in [2.75, 3.05) is 10.2 Å². The third-order valence-corrected chi connectivity index (χ3v) is 5.15. The SMILES string of the molecule is Cc1cccc(Nc2nccc(C(=O)N3c4ccccc4CC3C)n2)c1C. The summed E-state index contributed by atoms with van der Waals surface area (Å²) in [4.78, 5) is 23.7. The van der Waals surface area contributed by atoms with Gasteiger partial charge in [-0.2, -0.15) is 0 Å². The number of carbonyl (C=O) groups excluding carboxylic acids is 1. The lowest BCUT2D eigenvalue weighted by Gasteiger charge is -2.22. The fourth-order valence-corrected chi connectivity index (χ4v) is 3.54. The van der Waals surface area contributed by atoms with Crippen LogP contribution < -0.4 is 10.2 Å². The van der Waals surface area contributed by atoms with Crippen LogP contribution in [-0.4, -0.2) is 21.9 Å². The number of anilines is 3. The molecule has 1 amide bonds. The molecule has 5 heteroatoms. The van der Waals surface area contributed by atoms with E-state index in [2.05, 4.69) is 48.2 Å². The first-order valence-electron chi connectivity index (χ1n) is 9.12. The van der Waals surface area contributed by atoms with Crippen LogP contribution in [0.25, 0.3) is 0 Å². The van der Waals surface area contributed by atoms with Crippen LogP contribution in [0.1, 0.15) is 34.1 Å². The number of fused-ring (bicyclic) bond motifs is 1. The molecule has 136 valence electrons. The fourth-order valence-electron chi connectivity index (χ4n) is 3.54. The van der Waals surface area contributed by atoms with Crippen LogP contribution in [0, 0.1) is 13.8 Å². The average Bonchev–Trinajstić information content (AvgIpc) is 3.01. The average molecular weight is 358 g/mol. The molecular formula is C22H22N4O. The number of hydrogen-bond acceptors (Lipinski definition) is 4. The maximum atomic E-state index is 13.2. The summed E-state index contributed by atoms with van der Waals surface area (Å²) in [5.74, 6) is 0.327. The lowest BCUT2D eigenvalue weighted by Crippen LogP contribution is -2.36. The molecule has 0 fully saturated rings. The predicted molar refractivity (Wildman–Crippen MR) is 108 cm³/mol. The van der Waals surface area contributed by atoms with Gasteiger partial charge < -0.3 is 10.2 Å². The van der Waals surface area contributed by atoms with E-state index in [0.717, 1.165) is 23.4 Å². The van der Waals surface area contributed by atoms with E-state index in [1.54, 1.807) is 12.3 Å². The van der Waals surface area contributed by atoms with Crippen molar-refractivity contribution < 1.29 is 4.79 Å². The first kappa shape index (κ1) is 17.2. The van der Waals surface area contributed by atoms with Gasteiger partial charge in [-0.3, -0.25) is 4.79 Å². The first-order chi connectivity index (χ1) is 13.0. The topological polar surface area (TPSA) is 58.1 Å². The molecule has 0 bridgehead atoms. The van der Waals surface area contributed by atoms with E-state index in [9.17, 15) is 4.79 Å². The molecule has 3 aromatic rings. The van der Waals surface area contributed by atoms with Crippen molar-refractivity contribution in [1.82, 2.24) is 9.97 Å². The molecule has 1 N–H and O–H groups in total. The number of rotatable bonds is 3. The zero-order valence-corrected chi connectivity index (χ0v) is 15.7. The highest BCUT2D eigenvalue weighted by atomic mass is 16.2. The Hall–Kier alpha value is -3.21. The van der Waals surface area contributed by atoms with Gasteiger partial charge in [-0.25, -0.2) is 9.97 Å². The van der Waals surface area contributed by atoms with Crippen LogP contribution >= 0.6 is 0 Å². The van der Waals surface area contributed by atoms with E-state index in [0.29, 0.717) is 11.6 Å². The van der Waals surface area contributed by atoms with Crippen molar-refractivity contribution in [1.29, 1.82) is 0 Å². The standard InChI is InChI=1S/C22H22N4O/c1-14-7-6-9-18(16(14)3)24-22-23-12-11-19(25-22)21(27)26-15(2)13-17-8-4-5-10-20(17)26/h4-12,15H,13H2,1-3H3,(H,23,24,25). The third kappa shape index (κ3) is 3.16. The van der Waals surface area contributed by atoms with Crippen LogP contribution in [0.15, 0.2) is 54.7 Å². The van der Waals surface area contributed by atoms with Crippen molar-refractivity contribution >= 4 is 23.2 Å². The molecule has 1 aliphatic rings. The molecule has 0 saturated heterocycles. The second kappa shape index (κ2) is 6.83. The Kier molecular flexibility index (Phi) is 4.36. The Morgan fingerprint density at radius 1 is 1.11 bits per heavy atom. The van der Waals surface area contributed by atoms with Gasteiger partial charge in [-0.1, -0.05) is 30.3 Å². The smallest absolute Gasteiger partial charge is 0.277 e. The van der Waals surface area contributed by atoms with E-state index >= 15 is 0 Å². The summed E-state index contributed by atoms with van der Waals surface area (Å²) in [5, 5.41) is 3.24. The number of nitrogens with zero attached hydrogens (tertiary/aromatic N) is 3. The van der Waals surface area contributed by atoms with Gasteiger partial charge in [0.25, 0.3) is 5.91 Å². The van der Waals surface area contributed by atoms with Crippen molar-refractivity contribution in [3.63, 3.8) is 0 Å². The zero-order chi connectivity index (χ0) is 19.0. The molecule has 1 aromatic heterocycles. The molecule has 2 heterocycles. The molecule has 0 aliphatic carbocycles. The molecule has 5 nitrogen and oxygen atoms in total. The molecule has 0 saturated carbocycles. The highest BCUT2D eigenvalue weighted by molar-refractivity contribution is 6.06. The molecular weight excluding hydrogens is 336 g/mol. The zero-order valence-electron chi connectivity index (χ0n) is 15.7. The van der Waals surface area contributed by atoms with Crippen LogP contribution in [-0.2, 0) is 6.42 Å². The van der Waals surface area contributed by atoms with E-state index in [4.69, 9.17) is 0 Å². The van der Waals surface area contributed by atoms with E-state index in [1.165, 1.54) is 11.1 Å². The lowest BCUT2D eigenvalue weighted by atomic mass is 10.1. The van der Waals surface area contributed by atoms with Gasteiger partial charge in [-0.05, 0) is 62.1 Å². The Labute approximate surface area is 159 Å². The Balaban J connectivity index is 1.63. The molecule has 0 radical (unpaired) electrons. The van der Waals surface area contributed by atoms with Crippen LogP contribution in [0.4, 0.5) is 17.3 Å². The van der Waals surface area contributed by atoms with E-state index in [-0.39, 0.29) is 11.9 Å². The summed E-state index contributed by atoms with van der Waals surface area (Å²) >= 11 is 0. The van der Waals surface area contributed by atoms with Crippen molar-refractivity contribution in [3.8, 4) is 0 Å². The number of hydrogen-bond donors (Lipinski definition) is 1. The molecule has 1 aliphatic heterocycles. The van der Waals surface area contributed by atoms with Gasteiger partial charge in [0.05, 0.1) is 0 Å². The Morgan fingerprint density at radius 3 is 2.78 bits per heavy atom. The summed E-state index contributed by atoms with van der Waals surface area (Å²) < 4.78 is 0. The van der Waals surface area contributed by atoms with Crippen LogP contribution in [0.5, 0.6) is 0 Å². The minimum atomic E-state index is -0.0983. The molecule has 1 unspecified atom stereocenters. The maximum Gasteiger partial charge on any atom is 0.277 e. The first-order valence-corrected chi connectivity index (χ1v) is 9.12. The quantitative estimate of drug-likeness (QED) is 0.752. The molecule has 2 aromatic carbocycles. The predicted octanol–water partition coefficient (Wildman–Crippen LogP) is 4.43. The Bertz CT molecular complexity index is 1010. The molecule has 1 atom stereocenters. The summed E-state index contributed by atoms with van der Waals surface area (Å²) in [6, 6.07) is 15.9. The molecule has 27 heavy (non-hydrogen) atoms. The minimum absolute atomic E-state index is 0.0983. The van der Waals surface area contributed by atoms with E-state index < -0.39 is 0 Å². The van der Waals surface area contributed by atoms with Crippen molar-refractivity contribution in [2.24, 2.45) is 0 Å². The molecule has 4 rings (SSSR count). The highest BCUT2D eigenvalue weighted by Gasteiger charge is 2.31. The lowest BCUT2D eigenvalue weighted by molar-refractivity contribution is 0.0976. The number of aromatic nitrogens is 2. The van der Waals surface area contributed by atoms with Gasteiger partial charge >= 0.3 is 0 Å². The van der Waals surface area contributed by atoms with Gasteiger partial charge in [0.2, 0.25) is 5.95 Å². The number of nitrogens with one attached hydrogen (secondary N) is 1. The highest BCUT2D eigenvalue weighted by Crippen LogP contribution is 2.33. The normalized spacial score (nSPS) is 15.5. The van der Waals surface area contributed by atoms with Gasteiger partial charge in [0.1, 0.15) is 5.69 Å². The number of aryl methyl sites for hydroxylation is 1. The van der Waals surface area contributed by atoms with Crippen LogP contribution in [0.2, 0.25) is 0 Å². The molecule has 0 spiro atoms. The number of benzene rings is 2. The second-order valence-electron chi connectivity index (χ2n) is 6.99. The number of amides is 1. The largest absolute Gasteiger partial charge is 0.324 e. The van der Waals surface area contributed by atoms with E-state index in [1.807, 2.05) is 35.2 Å². The second-order valence-corrected chi connectivity index (χ2v) is 6.99. The summed E-state index contributed by atoms with van der Waals surface area (Å²) in [6.45, 7) is 6.18. The van der Waals surface area contributed by atoms with Gasteiger partial charge in [-0.15, -0.1) is 0 Å². The summed E-state index contributed by atoms with van der Waals surface area (Å²) in [5.41, 5.74) is 5.83.